The lowest BCUT2D eigenvalue weighted by Crippen LogP contribution is -2.01. The summed E-state index contributed by atoms with van der Waals surface area (Å²) in [4.78, 5) is 11.6. The molecule has 0 aliphatic heterocycles. The van der Waals surface area contributed by atoms with Crippen LogP contribution in [0.15, 0.2) is 48.5 Å². The number of hydrogen-bond donors (Lipinski definition) is 1. The second kappa shape index (κ2) is 13.6. The molecule has 30 heavy (non-hydrogen) atoms. The maximum Gasteiger partial charge on any atom is 0.330 e. The van der Waals surface area contributed by atoms with Gasteiger partial charge in [0, 0.05) is 18.2 Å². The van der Waals surface area contributed by atoms with Crippen LogP contribution in [-0.2, 0) is 16.0 Å². The molecule has 0 amide bonds. The third kappa shape index (κ3) is 8.03. The Bertz CT molecular complexity index is 793. The molecule has 2 rings (SSSR count). The summed E-state index contributed by atoms with van der Waals surface area (Å²) in [6.07, 6.45) is 9.48. The van der Waals surface area contributed by atoms with Crippen molar-refractivity contribution in [2.24, 2.45) is 0 Å². The van der Waals surface area contributed by atoms with Crippen molar-refractivity contribution in [3.8, 4) is 16.9 Å². The fourth-order valence-corrected chi connectivity index (χ4v) is 3.18. The topological polar surface area (TPSA) is 55.8 Å². The number of aryl methyl sites for hydroxylation is 1. The normalized spacial score (nSPS) is 11.0. The van der Waals surface area contributed by atoms with Gasteiger partial charge >= 0.3 is 5.97 Å². The Balaban J connectivity index is 2.20. The molecular formula is C26H34O4. The Morgan fingerprint density at radius 1 is 1.00 bits per heavy atom. The average Bonchev–Trinajstić information content (AvgIpc) is 2.76. The number of unbranched alkanes of at least 4 members (excludes halogenated alkanes) is 3. The first-order chi connectivity index (χ1) is 14.7. The predicted molar refractivity (Wildman–Crippen MR) is 123 cm³/mol. The number of aliphatic hydroxyl groups excluding tert-OH is 1. The Morgan fingerprint density at radius 3 is 2.50 bits per heavy atom. The van der Waals surface area contributed by atoms with Crippen LogP contribution in [0.5, 0.6) is 5.75 Å². The Hall–Kier alpha value is -2.59. The number of hydrogen-bond acceptors (Lipinski definition) is 4. The van der Waals surface area contributed by atoms with E-state index in [2.05, 4.69) is 31.2 Å². The van der Waals surface area contributed by atoms with E-state index in [0.717, 1.165) is 35.3 Å². The van der Waals surface area contributed by atoms with E-state index in [1.807, 2.05) is 18.2 Å². The maximum atomic E-state index is 11.6. The summed E-state index contributed by atoms with van der Waals surface area (Å²) in [6, 6.07) is 14.6. The second-order valence-electron chi connectivity index (χ2n) is 7.27. The first-order valence-corrected chi connectivity index (χ1v) is 11.0. The van der Waals surface area contributed by atoms with Crippen molar-refractivity contribution in [1.29, 1.82) is 0 Å². The molecule has 0 heterocycles. The van der Waals surface area contributed by atoms with Crippen molar-refractivity contribution in [2.45, 2.75) is 52.4 Å². The SMILES string of the molecule is CCCCCc1ccc(-c2ccc(/C=C/C(=O)OCC)cc2OCCCCO)cc1. The van der Waals surface area contributed by atoms with Crippen molar-refractivity contribution >= 4 is 12.0 Å². The molecule has 2 aromatic rings. The molecule has 1 N–H and O–H groups in total. The summed E-state index contributed by atoms with van der Waals surface area (Å²) < 4.78 is 11.0. The molecule has 162 valence electrons. The largest absolute Gasteiger partial charge is 0.493 e. The van der Waals surface area contributed by atoms with Gasteiger partial charge in [0.2, 0.25) is 0 Å². The van der Waals surface area contributed by atoms with E-state index in [0.29, 0.717) is 19.6 Å². The van der Waals surface area contributed by atoms with Crippen LogP contribution in [0.25, 0.3) is 17.2 Å². The fraction of sp³-hybridized carbons (Fsp3) is 0.423. The molecule has 0 spiro atoms. The number of ether oxygens (including phenoxy) is 2. The highest BCUT2D eigenvalue weighted by atomic mass is 16.5. The zero-order chi connectivity index (χ0) is 21.6. The number of carbonyl (C=O) groups excluding carboxylic acids is 1. The molecule has 0 aromatic heterocycles. The van der Waals surface area contributed by atoms with Crippen LogP contribution in [0.1, 0.15) is 57.1 Å². The zero-order valence-electron chi connectivity index (χ0n) is 18.2. The minimum atomic E-state index is -0.356. The summed E-state index contributed by atoms with van der Waals surface area (Å²) in [5.74, 6) is 0.420. The van der Waals surface area contributed by atoms with Gasteiger partial charge in [-0.05, 0) is 61.4 Å². The Labute approximate surface area is 180 Å². The summed E-state index contributed by atoms with van der Waals surface area (Å²) in [6.45, 7) is 5.06. The first-order valence-electron chi connectivity index (χ1n) is 11.0. The molecule has 0 saturated carbocycles. The summed E-state index contributed by atoms with van der Waals surface area (Å²) in [5.41, 5.74) is 4.35. The van der Waals surface area contributed by atoms with E-state index in [1.54, 1.807) is 13.0 Å². The van der Waals surface area contributed by atoms with Gasteiger partial charge in [-0.15, -0.1) is 0 Å². The highest BCUT2D eigenvalue weighted by molar-refractivity contribution is 5.87. The molecule has 0 saturated heterocycles. The number of aliphatic hydroxyl groups is 1. The lowest BCUT2D eigenvalue weighted by atomic mass is 9.99. The van der Waals surface area contributed by atoms with Crippen molar-refractivity contribution in [2.75, 3.05) is 19.8 Å². The highest BCUT2D eigenvalue weighted by Gasteiger charge is 2.08. The van der Waals surface area contributed by atoms with E-state index >= 15 is 0 Å². The average molecular weight is 411 g/mol. The minimum Gasteiger partial charge on any atom is -0.493 e. The van der Waals surface area contributed by atoms with Gasteiger partial charge in [-0.3, -0.25) is 0 Å². The lowest BCUT2D eigenvalue weighted by Gasteiger charge is -2.13. The van der Waals surface area contributed by atoms with Crippen LogP contribution in [0.3, 0.4) is 0 Å². The molecule has 0 radical (unpaired) electrons. The predicted octanol–water partition coefficient (Wildman–Crippen LogP) is 5.81. The van der Waals surface area contributed by atoms with E-state index in [-0.39, 0.29) is 12.6 Å². The van der Waals surface area contributed by atoms with Crippen LogP contribution >= 0.6 is 0 Å². The van der Waals surface area contributed by atoms with Crippen LogP contribution in [-0.4, -0.2) is 30.9 Å². The molecule has 0 fully saturated rings. The molecule has 0 aliphatic rings. The second-order valence-corrected chi connectivity index (χ2v) is 7.27. The van der Waals surface area contributed by atoms with Gasteiger partial charge in [-0.1, -0.05) is 56.2 Å². The van der Waals surface area contributed by atoms with Gasteiger partial charge in [0.05, 0.1) is 13.2 Å². The summed E-state index contributed by atoms with van der Waals surface area (Å²) in [5, 5.41) is 9.00. The smallest absolute Gasteiger partial charge is 0.330 e. The molecular weight excluding hydrogens is 376 g/mol. The van der Waals surface area contributed by atoms with Crippen molar-refractivity contribution in [1.82, 2.24) is 0 Å². The number of carbonyl (C=O) groups is 1. The van der Waals surface area contributed by atoms with E-state index in [4.69, 9.17) is 14.6 Å². The zero-order valence-corrected chi connectivity index (χ0v) is 18.2. The standard InChI is InChI=1S/C26H34O4/c1-3-5-6-9-21-10-14-23(15-11-21)24-16-12-22(13-17-26(28)29-4-2)20-25(24)30-19-8-7-18-27/h10-17,20,27H,3-9,18-19H2,1-2H3/b17-13+. The van der Waals surface area contributed by atoms with E-state index in [9.17, 15) is 4.79 Å². The molecule has 0 aliphatic carbocycles. The van der Waals surface area contributed by atoms with Gasteiger partial charge < -0.3 is 14.6 Å². The number of benzene rings is 2. The Morgan fingerprint density at radius 2 is 1.80 bits per heavy atom. The van der Waals surface area contributed by atoms with Crippen LogP contribution in [0, 0.1) is 0 Å². The van der Waals surface area contributed by atoms with Crippen molar-refractivity contribution < 1.29 is 19.4 Å². The molecule has 0 bridgehead atoms. The number of esters is 1. The molecule has 4 nitrogen and oxygen atoms in total. The summed E-state index contributed by atoms with van der Waals surface area (Å²) >= 11 is 0. The highest BCUT2D eigenvalue weighted by Crippen LogP contribution is 2.32. The molecule has 2 aromatic carbocycles. The van der Waals surface area contributed by atoms with E-state index < -0.39 is 0 Å². The minimum absolute atomic E-state index is 0.165. The molecule has 0 unspecified atom stereocenters. The molecule has 0 atom stereocenters. The van der Waals surface area contributed by atoms with Crippen molar-refractivity contribution in [3.63, 3.8) is 0 Å². The maximum absolute atomic E-state index is 11.6. The lowest BCUT2D eigenvalue weighted by molar-refractivity contribution is -0.137. The third-order valence-electron chi connectivity index (χ3n) is 4.85. The van der Waals surface area contributed by atoms with E-state index in [1.165, 1.54) is 30.9 Å². The number of rotatable bonds is 13. The van der Waals surface area contributed by atoms with Gasteiger partial charge in [-0.25, -0.2) is 4.79 Å². The Kier molecular flexibility index (Phi) is 10.7. The van der Waals surface area contributed by atoms with Gasteiger partial charge in [0.25, 0.3) is 0 Å². The van der Waals surface area contributed by atoms with Crippen LogP contribution in [0.2, 0.25) is 0 Å². The van der Waals surface area contributed by atoms with Crippen LogP contribution in [0.4, 0.5) is 0 Å². The van der Waals surface area contributed by atoms with Gasteiger partial charge in [-0.2, -0.15) is 0 Å². The van der Waals surface area contributed by atoms with Crippen molar-refractivity contribution in [3.05, 3.63) is 59.7 Å². The first kappa shape index (κ1) is 23.7. The van der Waals surface area contributed by atoms with Gasteiger partial charge in [0.15, 0.2) is 0 Å². The molecule has 4 heteroatoms. The van der Waals surface area contributed by atoms with Crippen LogP contribution < -0.4 is 4.74 Å². The third-order valence-corrected chi connectivity index (χ3v) is 4.85. The summed E-state index contributed by atoms with van der Waals surface area (Å²) in [7, 11) is 0. The monoisotopic (exact) mass is 410 g/mol. The quantitative estimate of drug-likeness (QED) is 0.257. The van der Waals surface area contributed by atoms with Gasteiger partial charge in [0.1, 0.15) is 5.75 Å². The fourth-order valence-electron chi connectivity index (χ4n) is 3.18.